The zero-order valence-corrected chi connectivity index (χ0v) is 16.2. The highest BCUT2D eigenvalue weighted by Crippen LogP contribution is 2.29. The van der Waals surface area contributed by atoms with Crippen LogP contribution < -0.4 is 11.1 Å². The summed E-state index contributed by atoms with van der Waals surface area (Å²) in [5, 5.41) is 1.43. The number of fused-ring (bicyclic) bond motifs is 3. The summed E-state index contributed by atoms with van der Waals surface area (Å²) in [5.74, 6) is -0.555. The summed E-state index contributed by atoms with van der Waals surface area (Å²) in [6.07, 6.45) is 3.33. The monoisotopic (exact) mass is 417 g/mol. The van der Waals surface area contributed by atoms with Crippen molar-refractivity contribution in [3.05, 3.63) is 105 Å². The third-order valence-electron chi connectivity index (χ3n) is 5.00. The Bertz CT molecular complexity index is 1550. The molecule has 0 radical (unpaired) electrons. The molecular formula is C23H13ClFN3O2. The molecule has 5 nitrogen and oxygen atoms in total. The molecular weight excluding hydrogens is 405 g/mol. The number of hydrogen-bond donors (Lipinski definition) is 1. The Morgan fingerprint density at radius 3 is 2.53 bits per heavy atom. The lowest BCUT2D eigenvalue weighted by atomic mass is 10.0. The molecule has 5 aromatic rings. The van der Waals surface area contributed by atoms with Crippen LogP contribution in [0.4, 0.5) is 4.39 Å². The van der Waals surface area contributed by atoms with Gasteiger partial charge in [-0.1, -0.05) is 17.7 Å². The van der Waals surface area contributed by atoms with Crippen molar-refractivity contribution in [1.82, 2.24) is 14.5 Å². The zero-order valence-electron chi connectivity index (χ0n) is 15.4. The van der Waals surface area contributed by atoms with Crippen LogP contribution >= 0.6 is 11.6 Å². The molecule has 0 saturated carbocycles. The molecule has 146 valence electrons. The van der Waals surface area contributed by atoms with E-state index < -0.39 is 5.82 Å². The Morgan fingerprint density at radius 2 is 1.77 bits per heavy atom. The third-order valence-corrected chi connectivity index (χ3v) is 5.29. The van der Waals surface area contributed by atoms with E-state index >= 15 is 0 Å². The number of nitrogens with one attached hydrogen (secondary N) is 1. The minimum absolute atomic E-state index is 0.0660. The predicted molar refractivity (Wildman–Crippen MR) is 116 cm³/mol. The van der Waals surface area contributed by atoms with E-state index in [1.54, 1.807) is 24.5 Å². The van der Waals surface area contributed by atoms with Gasteiger partial charge in [0.05, 0.1) is 21.7 Å². The molecule has 0 bridgehead atoms. The molecule has 3 aromatic heterocycles. The maximum atomic E-state index is 13.7. The first-order chi connectivity index (χ1) is 14.5. The van der Waals surface area contributed by atoms with Crippen molar-refractivity contribution in [2.24, 2.45) is 0 Å². The molecule has 0 aliphatic rings. The van der Waals surface area contributed by atoms with Crippen molar-refractivity contribution < 1.29 is 4.39 Å². The maximum absolute atomic E-state index is 13.7. The van der Waals surface area contributed by atoms with E-state index in [2.05, 4.69) is 9.97 Å². The average Bonchev–Trinajstić information content (AvgIpc) is 2.76. The van der Waals surface area contributed by atoms with Crippen molar-refractivity contribution in [3.63, 3.8) is 0 Å². The number of aromatic nitrogens is 3. The number of rotatable bonds is 2. The first kappa shape index (κ1) is 18.3. The molecule has 0 aliphatic heterocycles. The normalized spacial score (nSPS) is 11.3. The van der Waals surface area contributed by atoms with Crippen LogP contribution in [-0.2, 0) is 0 Å². The van der Waals surface area contributed by atoms with Gasteiger partial charge >= 0.3 is 0 Å². The SMILES string of the molecule is O=c1ccc(-c2ccc3ncc4ccc(=O)n(-c5ccc(F)c(Cl)c5)c4c3c2)c[nH]1. The lowest BCUT2D eigenvalue weighted by Crippen LogP contribution is -2.17. The second-order valence-electron chi connectivity index (χ2n) is 6.84. The first-order valence-electron chi connectivity index (χ1n) is 9.10. The van der Waals surface area contributed by atoms with Gasteiger partial charge in [0, 0.05) is 35.3 Å². The van der Waals surface area contributed by atoms with Gasteiger partial charge in [-0.2, -0.15) is 0 Å². The molecule has 0 saturated heterocycles. The van der Waals surface area contributed by atoms with Gasteiger partial charge in [-0.15, -0.1) is 0 Å². The second-order valence-corrected chi connectivity index (χ2v) is 7.25. The van der Waals surface area contributed by atoms with Crippen molar-refractivity contribution in [2.45, 2.75) is 0 Å². The Hall–Kier alpha value is -3.77. The summed E-state index contributed by atoms with van der Waals surface area (Å²) in [7, 11) is 0. The molecule has 1 N–H and O–H groups in total. The number of benzene rings is 2. The number of aromatic amines is 1. The van der Waals surface area contributed by atoms with Gasteiger partial charge < -0.3 is 4.98 Å². The Balaban J connectivity index is 1.87. The number of hydrogen-bond acceptors (Lipinski definition) is 3. The maximum Gasteiger partial charge on any atom is 0.255 e. The number of nitrogens with zero attached hydrogens (tertiary/aromatic N) is 2. The quantitative estimate of drug-likeness (QED) is 0.424. The van der Waals surface area contributed by atoms with E-state index in [1.165, 1.54) is 34.9 Å². The van der Waals surface area contributed by atoms with E-state index in [9.17, 15) is 14.0 Å². The topological polar surface area (TPSA) is 67.8 Å². The predicted octanol–water partition coefficient (Wildman–Crippen LogP) is 4.69. The molecule has 0 spiro atoms. The fourth-order valence-corrected chi connectivity index (χ4v) is 3.74. The van der Waals surface area contributed by atoms with Gasteiger partial charge in [0.25, 0.3) is 5.56 Å². The van der Waals surface area contributed by atoms with Crippen molar-refractivity contribution in [2.75, 3.05) is 0 Å². The van der Waals surface area contributed by atoms with Crippen LogP contribution in [0.25, 0.3) is 38.6 Å². The molecule has 0 unspecified atom stereocenters. The smallest absolute Gasteiger partial charge is 0.255 e. The van der Waals surface area contributed by atoms with E-state index in [-0.39, 0.29) is 16.1 Å². The van der Waals surface area contributed by atoms with Gasteiger partial charge in [-0.25, -0.2) is 4.39 Å². The van der Waals surface area contributed by atoms with Crippen LogP contribution in [0.5, 0.6) is 0 Å². The van der Waals surface area contributed by atoms with Crippen LogP contribution in [0, 0.1) is 5.82 Å². The summed E-state index contributed by atoms with van der Waals surface area (Å²) in [6, 6.07) is 16.2. The second kappa shape index (κ2) is 6.93. The minimum Gasteiger partial charge on any atom is -0.328 e. The van der Waals surface area contributed by atoms with Gasteiger partial charge in [0.2, 0.25) is 5.56 Å². The highest BCUT2D eigenvalue weighted by Gasteiger charge is 2.13. The van der Waals surface area contributed by atoms with Crippen LogP contribution in [0.3, 0.4) is 0 Å². The average molecular weight is 418 g/mol. The summed E-state index contributed by atoms with van der Waals surface area (Å²) < 4.78 is 15.2. The van der Waals surface area contributed by atoms with Crippen LogP contribution in [0.2, 0.25) is 5.02 Å². The zero-order chi connectivity index (χ0) is 20.8. The van der Waals surface area contributed by atoms with E-state index in [1.807, 2.05) is 18.2 Å². The molecule has 0 amide bonds. The molecule has 3 heterocycles. The first-order valence-corrected chi connectivity index (χ1v) is 9.48. The van der Waals surface area contributed by atoms with E-state index in [4.69, 9.17) is 11.6 Å². The van der Waals surface area contributed by atoms with Crippen LogP contribution in [-0.4, -0.2) is 14.5 Å². The fourth-order valence-electron chi connectivity index (χ4n) is 3.56. The van der Waals surface area contributed by atoms with Gasteiger partial charge in [0.15, 0.2) is 0 Å². The van der Waals surface area contributed by atoms with Crippen LogP contribution in [0.15, 0.2) is 82.6 Å². The van der Waals surface area contributed by atoms with Crippen LogP contribution in [0.1, 0.15) is 0 Å². The Kier molecular flexibility index (Phi) is 4.22. The number of H-pyrrole nitrogens is 1. The minimum atomic E-state index is -0.555. The Labute approximate surface area is 174 Å². The summed E-state index contributed by atoms with van der Waals surface area (Å²) in [5.41, 5.74) is 3.01. The molecule has 7 heteroatoms. The molecule has 5 rings (SSSR count). The summed E-state index contributed by atoms with van der Waals surface area (Å²) >= 11 is 5.97. The fraction of sp³-hybridized carbons (Fsp3) is 0. The molecule has 0 fully saturated rings. The number of pyridine rings is 3. The lowest BCUT2D eigenvalue weighted by molar-refractivity contribution is 0.628. The largest absolute Gasteiger partial charge is 0.328 e. The summed E-state index contributed by atoms with van der Waals surface area (Å²) in [4.78, 5) is 31.4. The third kappa shape index (κ3) is 2.98. The van der Waals surface area contributed by atoms with Gasteiger partial charge in [0.1, 0.15) is 5.82 Å². The van der Waals surface area contributed by atoms with Crippen molar-refractivity contribution in [1.29, 1.82) is 0 Å². The highest BCUT2D eigenvalue weighted by atomic mass is 35.5. The standard InChI is InChI=1S/C23H13ClFN3O2/c24-18-10-16(4-5-19(18)25)28-22(30)8-3-15-12-26-20-6-1-13(9-17(20)23(15)28)14-2-7-21(29)27-11-14/h1-12H,(H,27,29). The highest BCUT2D eigenvalue weighted by molar-refractivity contribution is 6.30. The van der Waals surface area contributed by atoms with Crippen molar-refractivity contribution >= 4 is 33.4 Å². The van der Waals surface area contributed by atoms with E-state index in [0.29, 0.717) is 16.7 Å². The lowest BCUT2D eigenvalue weighted by Gasteiger charge is -2.13. The number of halogens is 2. The Morgan fingerprint density at radius 1 is 0.933 bits per heavy atom. The van der Waals surface area contributed by atoms with Gasteiger partial charge in [-0.3, -0.25) is 19.1 Å². The van der Waals surface area contributed by atoms with Gasteiger partial charge in [-0.05, 0) is 53.6 Å². The molecule has 2 aromatic carbocycles. The molecule has 0 aliphatic carbocycles. The molecule has 0 atom stereocenters. The van der Waals surface area contributed by atoms with Crippen molar-refractivity contribution in [3.8, 4) is 16.8 Å². The summed E-state index contributed by atoms with van der Waals surface area (Å²) in [6.45, 7) is 0. The molecule has 30 heavy (non-hydrogen) atoms. The van der Waals surface area contributed by atoms with E-state index in [0.717, 1.165) is 21.9 Å².